The number of ether oxygens (including phenoxy) is 1. The molecule has 1 aromatic rings. The second-order valence-electron chi connectivity index (χ2n) is 8.22. The number of allylic oxidation sites excluding steroid dienone is 2. The van der Waals surface area contributed by atoms with Crippen molar-refractivity contribution in [2.24, 2.45) is 0 Å². The minimum Gasteiger partial charge on any atom is -0.496 e. The number of benzene rings is 1. The fourth-order valence-electron chi connectivity index (χ4n) is 3.40. The number of halogens is 1. The Morgan fingerprint density at radius 3 is 1.91 bits per heavy atom. The minimum atomic E-state index is -1.08. The molecule has 0 aromatic heterocycles. The van der Waals surface area contributed by atoms with Gasteiger partial charge in [-0.05, 0) is 44.2 Å². The van der Waals surface area contributed by atoms with Crippen LogP contribution in [-0.2, 0) is 16.0 Å². The molecule has 6 heteroatoms. The molecule has 188 valence electrons. The lowest BCUT2D eigenvalue weighted by Crippen LogP contribution is -2.04. The number of hydrogen-bond donors (Lipinski definition) is 2. The molecule has 0 aliphatic heterocycles. The van der Waals surface area contributed by atoms with Gasteiger partial charge in [0, 0.05) is 12.0 Å². The maximum Gasteiger partial charge on any atom is 0.308 e. The first-order valence-electron chi connectivity index (χ1n) is 12.3. The Balaban J connectivity index is 0.000000676. The van der Waals surface area contributed by atoms with Gasteiger partial charge in [0.25, 0.3) is 0 Å². The average molecular weight is 467 g/mol. The molecule has 0 aliphatic rings. The summed E-state index contributed by atoms with van der Waals surface area (Å²) in [5.74, 6) is -2.05. The predicted octanol–water partition coefficient (Wildman–Crippen LogP) is 7.57. The van der Waals surface area contributed by atoms with Gasteiger partial charge in [-0.2, -0.15) is 0 Å². The van der Waals surface area contributed by atoms with Crippen LogP contribution in [0.25, 0.3) is 0 Å². The van der Waals surface area contributed by atoms with Crippen LogP contribution >= 0.6 is 0 Å². The number of carboxylic acid groups (broad SMARTS) is 2. The van der Waals surface area contributed by atoms with E-state index in [9.17, 15) is 14.0 Å². The Morgan fingerprint density at radius 2 is 1.39 bits per heavy atom. The number of methoxy groups -OCH3 is 1. The van der Waals surface area contributed by atoms with Crippen LogP contribution in [0.3, 0.4) is 0 Å². The third kappa shape index (κ3) is 18.9. The molecular weight excluding hydrogens is 423 g/mol. The standard InChI is InChI=1S/C18H34O2.C9H9FO3/c1-2-3-4-5-6-7-8-9-10-11-12-13-14-15-16-17-18(19)20;1-13-8-4-2-3-7(10)6(8)5-9(11)12/h12-13H,2-11,14-17H2,1H3,(H,19,20);2-4H,5H2,1H3,(H,11,12)/b13-12-;. The highest BCUT2D eigenvalue weighted by Crippen LogP contribution is 2.21. The molecule has 33 heavy (non-hydrogen) atoms. The highest BCUT2D eigenvalue weighted by atomic mass is 19.1. The summed E-state index contributed by atoms with van der Waals surface area (Å²) in [4.78, 5) is 20.7. The molecule has 1 rings (SSSR count). The second-order valence-corrected chi connectivity index (χ2v) is 8.22. The van der Waals surface area contributed by atoms with E-state index in [0.717, 1.165) is 19.3 Å². The molecular formula is C27H43FO5. The third-order valence-corrected chi connectivity index (χ3v) is 5.28. The van der Waals surface area contributed by atoms with E-state index in [0.29, 0.717) is 6.42 Å². The van der Waals surface area contributed by atoms with Crippen LogP contribution in [0.4, 0.5) is 4.39 Å². The van der Waals surface area contributed by atoms with Gasteiger partial charge >= 0.3 is 11.9 Å². The van der Waals surface area contributed by atoms with Crippen LogP contribution in [0.5, 0.6) is 5.75 Å². The highest BCUT2D eigenvalue weighted by molar-refractivity contribution is 5.71. The smallest absolute Gasteiger partial charge is 0.308 e. The zero-order chi connectivity index (χ0) is 24.7. The molecule has 0 bridgehead atoms. The number of aliphatic carboxylic acids is 2. The fraction of sp³-hybridized carbons (Fsp3) is 0.630. The SMILES string of the molecule is CCCCCCCCCCC/C=C\CCCCC(=O)O.COc1cccc(F)c1CC(=O)O. The average Bonchev–Trinajstić information content (AvgIpc) is 2.78. The summed E-state index contributed by atoms with van der Waals surface area (Å²) in [7, 11) is 1.38. The van der Waals surface area contributed by atoms with Crippen LogP contribution in [0.2, 0.25) is 0 Å². The molecule has 0 spiro atoms. The number of carbonyl (C=O) groups is 2. The van der Waals surface area contributed by atoms with Gasteiger partial charge in [0.05, 0.1) is 13.5 Å². The second kappa shape index (κ2) is 21.5. The first-order valence-corrected chi connectivity index (χ1v) is 12.3. The molecule has 0 saturated heterocycles. The molecule has 0 unspecified atom stereocenters. The number of rotatable bonds is 18. The molecule has 0 aliphatic carbocycles. The van der Waals surface area contributed by atoms with Crippen molar-refractivity contribution < 1.29 is 28.9 Å². The van der Waals surface area contributed by atoms with Crippen LogP contribution in [0.1, 0.15) is 102 Å². The van der Waals surface area contributed by atoms with Gasteiger partial charge < -0.3 is 14.9 Å². The summed E-state index contributed by atoms with van der Waals surface area (Å²) in [6.45, 7) is 2.26. The normalized spacial score (nSPS) is 10.6. The zero-order valence-electron chi connectivity index (χ0n) is 20.5. The Labute approximate surface area is 199 Å². The zero-order valence-corrected chi connectivity index (χ0v) is 20.5. The number of carboxylic acids is 2. The number of hydrogen-bond acceptors (Lipinski definition) is 3. The van der Waals surface area contributed by atoms with Crippen LogP contribution in [0.15, 0.2) is 30.4 Å². The fourth-order valence-corrected chi connectivity index (χ4v) is 3.40. The predicted molar refractivity (Wildman–Crippen MR) is 131 cm³/mol. The van der Waals surface area contributed by atoms with E-state index < -0.39 is 17.8 Å². The topological polar surface area (TPSA) is 83.8 Å². The minimum absolute atomic E-state index is 0.0810. The van der Waals surface area contributed by atoms with Gasteiger partial charge in [-0.1, -0.05) is 76.5 Å². The van der Waals surface area contributed by atoms with Gasteiger partial charge in [0.15, 0.2) is 0 Å². The summed E-state index contributed by atoms with van der Waals surface area (Å²) >= 11 is 0. The molecule has 0 fully saturated rings. The van der Waals surface area contributed by atoms with E-state index in [1.54, 1.807) is 0 Å². The van der Waals surface area contributed by atoms with Crippen LogP contribution in [-0.4, -0.2) is 29.3 Å². The van der Waals surface area contributed by atoms with Gasteiger partial charge in [0.1, 0.15) is 11.6 Å². The summed E-state index contributed by atoms with van der Waals surface area (Å²) in [6, 6.07) is 4.21. The largest absolute Gasteiger partial charge is 0.496 e. The highest BCUT2D eigenvalue weighted by Gasteiger charge is 2.11. The van der Waals surface area contributed by atoms with Crippen molar-refractivity contribution >= 4 is 11.9 Å². The lowest BCUT2D eigenvalue weighted by Gasteiger charge is -2.06. The lowest BCUT2D eigenvalue weighted by atomic mass is 10.1. The molecule has 0 heterocycles. The first kappa shape index (κ1) is 30.6. The van der Waals surface area contributed by atoms with E-state index in [1.165, 1.54) is 89.5 Å². The maximum absolute atomic E-state index is 13.1. The van der Waals surface area contributed by atoms with Crippen molar-refractivity contribution in [3.05, 3.63) is 41.7 Å². The Morgan fingerprint density at radius 1 is 0.848 bits per heavy atom. The van der Waals surface area contributed by atoms with Gasteiger partial charge in [-0.25, -0.2) is 4.39 Å². The molecule has 0 radical (unpaired) electrons. The van der Waals surface area contributed by atoms with Crippen molar-refractivity contribution in [2.45, 2.75) is 103 Å². The summed E-state index contributed by atoms with van der Waals surface area (Å²) in [5, 5.41) is 17.0. The molecule has 5 nitrogen and oxygen atoms in total. The maximum atomic E-state index is 13.1. The van der Waals surface area contributed by atoms with E-state index in [4.69, 9.17) is 14.9 Å². The Kier molecular flexibility index (Phi) is 19.9. The first-order chi connectivity index (χ1) is 15.9. The van der Waals surface area contributed by atoms with Crippen molar-refractivity contribution in [1.82, 2.24) is 0 Å². The molecule has 1 aromatic carbocycles. The molecule has 0 atom stereocenters. The van der Waals surface area contributed by atoms with E-state index in [-0.39, 0.29) is 17.7 Å². The summed E-state index contributed by atoms with van der Waals surface area (Å²) in [6.07, 6.45) is 20.9. The van der Waals surface area contributed by atoms with Gasteiger partial charge in [-0.3, -0.25) is 9.59 Å². The molecule has 0 saturated carbocycles. The quantitative estimate of drug-likeness (QED) is 0.172. The third-order valence-electron chi connectivity index (χ3n) is 5.28. The van der Waals surface area contributed by atoms with Crippen molar-refractivity contribution in [1.29, 1.82) is 0 Å². The molecule has 0 amide bonds. The van der Waals surface area contributed by atoms with Crippen molar-refractivity contribution in [3.8, 4) is 5.75 Å². The van der Waals surface area contributed by atoms with E-state index >= 15 is 0 Å². The van der Waals surface area contributed by atoms with Gasteiger partial charge in [0.2, 0.25) is 0 Å². The molecule has 2 N–H and O–H groups in total. The number of unbranched alkanes of at least 4 members (excludes halogenated alkanes) is 11. The lowest BCUT2D eigenvalue weighted by molar-refractivity contribution is -0.137. The summed E-state index contributed by atoms with van der Waals surface area (Å²) < 4.78 is 17.9. The van der Waals surface area contributed by atoms with Crippen molar-refractivity contribution in [2.75, 3.05) is 7.11 Å². The summed E-state index contributed by atoms with van der Waals surface area (Å²) in [5.41, 5.74) is 0.0810. The van der Waals surface area contributed by atoms with Crippen LogP contribution < -0.4 is 4.74 Å². The Bertz CT molecular complexity index is 672. The monoisotopic (exact) mass is 466 g/mol. The van der Waals surface area contributed by atoms with Gasteiger partial charge in [-0.15, -0.1) is 0 Å². The van der Waals surface area contributed by atoms with E-state index in [1.807, 2.05) is 0 Å². The van der Waals surface area contributed by atoms with E-state index in [2.05, 4.69) is 19.1 Å². The van der Waals surface area contributed by atoms with Crippen molar-refractivity contribution in [3.63, 3.8) is 0 Å². The van der Waals surface area contributed by atoms with Crippen LogP contribution in [0, 0.1) is 5.82 Å². The Hall–Kier alpha value is -2.37.